The molecule has 2 N–H and O–H groups in total. The molecule has 0 heterocycles. The molecule has 0 bridgehead atoms. The summed E-state index contributed by atoms with van der Waals surface area (Å²) in [6, 6.07) is 2.75. The summed E-state index contributed by atoms with van der Waals surface area (Å²) < 4.78 is 27.3. The Balaban J connectivity index is 2.11. The summed E-state index contributed by atoms with van der Waals surface area (Å²) in [5.41, 5.74) is 0.399. The van der Waals surface area contributed by atoms with E-state index in [2.05, 4.69) is 5.32 Å². The molecular weight excluding hydrogens is 224 g/mol. The Kier molecular flexibility index (Phi) is 3.62. The second-order valence-corrected chi connectivity index (χ2v) is 4.70. The summed E-state index contributed by atoms with van der Waals surface area (Å²) in [6.45, 7) is 1.62. The molecule has 0 radical (unpaired) electrons. The van der Waals surface area contributed by atoms with Crippen LogP contribution in [0.1, 0.15) is 31.2 Å². The average molecular weight is 241 g/mol. The van der Waals surface area contributed by atoms with Gasteiger partial charge in [-0.15, -0.1) is 0 Å². The van der Waals surface area contributed by atoms with Crippen molar-refractivity contribution in [3.05, 3.63) is 29.3 Å². The molecule has 0 aromatic heterocycles. The maximum atomic E-state index is 13.7. The molecule has 17 heavy (non-hydrogen) atoms. The maximum absolute atomic E-state index is 13.7. The fourth-order valence-electron chi connectivity index (χ4n) is 2.21. The molecule has 1 fully saturated rings. The molecule has 0 amide bonds. The number of halogens is 2. The maximum Gasteiger partial charge on any atom is 0.152 e. The summed E-state index contributed by atoms with van der Waals surface area (Å²) >= 11 is 0. The zero-order valence-electron chi connectivity index (χ0n) is 9.84. The normalized spacial score (nSPS) is 24.7. The lowest BCUT2D eigenvalue weighted by Crippen LogP contribution is -2.29. The van der Waals surface area contributed by atoms with Crippen molar-refractivity contribution in [2.75, 3.05) is 5.32 Å². The van der Waals surface area contributed by atoms with Crippen LogP contribution in [-0.2, 0) is 0 Å². The highest BCUT2D eigenvalue weighted by Crippen LogP contribution is 2.26. The Labute approximate surface area is 99.7 Å². The molecule has 0 spiro atoms. The summed E-state index contributed by atoms with van der Waals surface area (Å²) in [5.74, 6) is -1.07. The monoisotopic (exact) mass is 241 g/mol. The van der Waals surface area contributed by atoms with Gasteiger partial charge < -0.3 is 10.4 Å². The predicted molar refractivity (Wildman–Crippen MR) is 63.0 cm³/mol. The van der Waals surface area contributed by atoms with Gasteiger partial charge in [-0.2, -0.15) is 0 Å². The van der Waals surface area contributed by atoms with E-state index in [1.165, 1.54) is 12.1 Å². The van der Waals surface area contributed by atoms with Crippen molar-refractivity contribution in [1.82, 2.24) is 0 Å². The Bertz CT molecular complexity index is 401. The number of aliphatic hydroxyl groups is 1. The minimum atomic E-state index is -0.556. The van der Waals surface area contributed by atoms with Crippen molar-refractivity contribution in [3.63, 3.8) is 0 Å². The van der Waals surface area contributed by atoms with Crippen molar-refractivity contribution in [1.29, 1.82) is 0 Å². The molecule has 0 atom stereocenters. The first kappa shape index (κ1) is 12.3. The van der Waals surface area contributed by atoms with Crippen LogP contribution in [-0.4, -0.2) is 17.3 Å². The average Bonchev–Trinajstić information content (AvgIpc) is 2.32. The fourth-order valence-corrected chi connectivity index (χ4v) is 2.21. The van der Waals surface area contributed by atoms with E-state index in [0.29, 0.717) is 18.4 Å². The molecule has 1 aliphatic rings. The first-order chi connectivity index (χ1) is 8.08. The third kappa shape index (κ3) is 2.75. The zero-order valence-corrected chi connectivity index (χ0v) is 9.84. The van der Waals surface area contributed by atoms with Crippen LogP contribution in [0.5, 0.6) is 0 Å². The lowest BCUT2D eigenvalue weighted by atomic mass is 9.93. The van der Waals surface area contributed by atoms with E-state index in [-0.39, 0.29) is 17.8 Å². The van der Waals surface area contributed by atoms with Crippen LogP contribution in [0.3, 0.4) is 0 Å². The van der Waals surface area contributed by atoms with Crippen LogP contribution in [0, 0.1) is 18.6 Å². The summed E-state index contributed by atoms with van der Waals surface area (Å²) in [5, 5.41) is 12.3. The summed E-state index contributed by atoms with van der Waals surface area (Å²) in [4.78, 5) is 0. The number of hydrogen-bond acceptors (Lipinski definition) is 2. The first-order valence-electron chi connectivity index (χ1n) is 5.97. The molecule has 0 aliphatic heterocycles. The van der Waals surface area contributed by atoms with Crippen LogP contribution in [0.4, 0.5) is 14.5 Å². The molecule has 1 aromatic rings. The molecule has 1 saturated carbocycles. The molecule has 4 heteroatoms. The van der Waals surface area contributed by atoms with Crippen LogP contribution < -0.4 is 5.32 Å². The number of aliphatic hydroxyl groups excluding tert-OH is 1. The first-order valence-corrected chi connectivity index (χ1v) is 5.97. The smallest absolute Gasteiger partial charge is 0.152 e. The molecule has 0 saturated heterocycles. The number of aryl methyl sites for hydroxylation is 1. The Morgan fingerprint density at radius 2 is 1.82 bits per heavy atom. The van der Waals surface area contributed by atoms with E-state index in [9.17, 15) is 13.9 Å². The zero-order chi connectivity index (χ0) is 12.4. The molecule has 94 valence electrons. The number of benzene rings is 1. The lowest BCUT2D eigenvalue weighted by molar-refractivity contribution is 0.126. The second kappa shape index (κ2) is 5.00. The van der Waals surface area contributed by atoms with E-state index in [1.54, 1.807) is 6.92 Å². The van der Waals surface area contributed by atoms with Gasteiger partial charge in [0.05, 0.1) is 6.10 Å². The van der Waals surface area contributed by atoms with Crippen molar-refractivity contribution in [2.45, 2.75) is 44.8 Å². The van der Waals surface area contributed by atoms with Gasteiger partial charge in [-0.05, 0) is 44.2 Å². The van der Waals surface area contributed by atoms with Gasteiger partial charge in [-0.25, -0.2) is 8.78 Å². The topological polar surface area (TPSA) is 32.3 Å². The third-order valence-electron chi connectivity index (χ3n) is 3.33. The van der Waals surface area contributed by atoms with Gasteiger partial charge in [0.1, 0.15) is 11.5 Å². The Hall–Kier alpha value is -1.16. The molecule has 1 aromatic carbocycles. The van der Waals surface area contributed by atoms with Gasteiger partial charge in [0.2, 0.25) is 0 Å². The third-order valence-corrected chi connectivity index (χ3v) is 3.33. The number of rotatable bonds is 2. The summed E-state index contributed by atoms with van der Waals surface area (Å²) in [7, 11) is 0. The number of anilines is 1. The standard InChI is InChI=1S/C13H17F2NO/c1-8-2-7-11(14)13(12(8)15)16-9-3-5-10(17)6-4-9/h2,7,9-10,16-17H,3-6H2,1H3. The highest BCUT2D eigenvalue weighted by Gasteiger charge is 2.21. The van der Waals surface area contributed by atoms with Crippen LogP contribution >= 0.6 is 0 Å². The lowest BCUT2D eigenvalue weighted by Gasteiger charge is -2.27. The SMILES string of the molecule is Cc1ccc(F)c(NC2CCC(O)CC2)c1F. The van der Waals surface area contributed by atoms with Gasteiger partial charge in [-0.3, -0.25) is 0 Å². The predicted octanol–water partition coefficient (Wildman–Crippen LogP) is 2.99. The highest BCUT2D eigenvalue weighted by molar-refractivity contribution is 5.49. The Morgan fingerprint density at radius 3 is 2.47 bits per heavy atom. The van der Waals surface area contributed by atoms with Gasteiger partial charge in [0, 0.05) is 6.04 Å². The van der Waals surface area contributed by atoms with Crippen LogP contribution in [0.15, 0.2) is 12.1 Å². The molecule has 2 nitrogen and oxygen atoms in total. The molecular formula is C13H17F2NO. The van der Waals surface area contributed by atoms with E-state index >= 15 is 0 Å². The van der Waals surface area contributed by atoms with E-state index in [4.69, 9.17) is 0 Å². The quantitative estimate of drug-likeness (QED) is 0.834. The van der Waals surface area contributed by atoms with Crippen molar-refractivity contribution in [2.24, 2.45) is 0 Å². The van der Waals surface area contributed by atoms with Crippen molar-refractivity contribution >= 4 is 5.69 Å². The molecule has 1 aliphatic carbocycles. The second-order valence-electron chi connectivity index (χ2n) is 4.70. The number of nitrogens with one attached hydrogen (secondary N) is 1. The van der Waals surface area contributed by atoms with E-state index in [1.807, 2.05) is 0 Å². The van der Waals surface area contributed by atoms with Crippen molar-refractivity contribution < 1.29 is 13.9 Å². The minimum absolute atomic E-state index is 0.0358. The highest BCUT2D eigenvalue weighted by atomic mass is 19.1. The van der Waals surface area contributed by atoms with E-state index in [0.717, 1.165) is 12.8 Å². The van der Waals surface area contributed by atoms with Crippen molar-refractivity contribution in [3.8, 4) is 0 Å². The van der Waals surface area contributed by atoms with Crippen LogP contribution in [0.2, 0.25) is 0 Å². The fraction of sp³-hybridized carbons (Fsp3) is 0.538. The molecule has 0 unspecified atom stereocenters. The largest absolute Gasteiger partial charge is 0.393 e. The van der Waals surface area contributed by atoms with Gasteiger partial charge >= 0.3 is 0 Å². The summed E-state index contributed by atoms with van der Waals surface area (Å²) in [6.07, 6.45) is 2.60. The van der Waals surface area contributed by atoms with Gasteiger partial charge in [-0.1, -0.05) is 6.07 Å². The van der Waals surface area contributed by atoms with Crippen LogP contribution in [0.25, 0.3) is 0 Å². The molecule has 2 rings (SSSR count). The number of hydrogen-bond donors (Lipinski definition) is 2. The van der Waals surface area contributed by atoms with Gasteiger partial charge in [0.15, 0.2) is 5.82 Å². The minimum Gasteiger partial charge on any atom is -0.393 e. The van der Waals surface area contributed by atoms with Gasteiger partial charge in [0.25, 0.3) is 0 Å². The Morgan fingerprint density at radius 1 is 1.18 bits per heavy atom. The van der Waals surface area contributed by atoms with E-state index < -0.39 is 11.6 Å².